The third-order valence-corrected chi connectivity index (χ3v) is 12.7. The minimum atomic E-state index is -1.59. The van der Waals surface area contributed by atoms with Gasteiger partial charge in [0.15, 0.2) is 6.29 Å². The molecular formula is C56H101NO10. The van der Waals surface area contributed by atoms with Gasteiger partial charge in [0, 0.05) is 12.8 Å². The van der Waals surface area contributed by atoms with Crippen LogP contribution >= 0.6 is 0 Å². The number of amides is 1. The number of unbranched alkanes of at least 4 members (excludes halogenated alkanes) is 26. The van der Waals surface area contributed by atoms with Crippen molar-refractivity contribution in [3.63, 3.8) is 0 Å². The van der Waals surface area contributed by atoms with Gasteiger partial charge in [0.05, 0.1) is 32.0 Å². The first kappa shape index (κ1) is 62.6. The van der Waals surface area contributed by atoms with Crippen LogP contribution in [0.1, 0.15) is 232 Å². The van der Waals surface area contributed by atoms with E-state index < -0.39 is 49.5 Å². The summed E-state index contributed by atoms with van der Waals surface area (Å²) in [6.07, 6.45) is 46.3. The molecule has 1 aliphatic rings. The second kappa shape index (κ2) is 46.0. The average Bonchev–Trinajstić information content (AvgIpc) is 3.32. The number of esters is 1. The number of aliphatic hydroxyl groups is 5. The molecule has 0 bridgehead atoms. The van der Waals surface area contributed by atoms with Gasteiger partial charge in [-0.25, -0.2) is 0 Å². The monoisotopic (exact) mass is 948 g/mol. The van der Waals surface area contributed by atoms with E-state index in [4.69, 9.17) is 14.2 Å². The molecule has 0 aromatic carbocycles. The van der Waals surface area contributed by atoms with Crippen molar-refractivity contribution < 1.29 is 49.3 Å². The zero-order valence-corrected chi connectivity index (χ0v) is 42.6. The Morgan fingerprint density at radius 1 is 0.552 bits per heavy atom. The Morgan fingerprint density at radius 3 is 1.60 bits per heavy atom. The summed E-state index contributed by atoms with van der Waals surface area (Å²) >= 11 is 0. The molecule has 7 atom stereocenters. The number of carbonyl (C=O) groups is 2. The van der Waals surface area contributed by atoms with Crippen LogP contribution in [0.2, 0.25) is 0 Å². The highest BCUT2D eigenvalue weighted by Gasteiger charge is 2.44. The topological polar surface area (TPSA) is 175 Å². The Labute approximate surface area is 408 Å². The molecule has 11 heteroatoms. The maximum Gasteiger partial charge on any atom is 0.305 e. The molecule has 1 heterocycles. The van der Waals surface area contributed by atoms with E-state index in [1.807, 2.05) is 18.2 Å². The number of rotatable bonds is 46. The van der Waals surface area contributed by atoms with Crippen molar-refractivity contribution in [2.24, 2.45) is 0 Å². The van der Waals surface area contributed by atoms with Gasteiger partial charge in [-0.3, -0.25) is 9.59 Å². The minimum Gasteiger partial charge on any atom is -0.466 e. The molecule has 1 fully saturated rings. The highest BCUT2D eigenvalue weighted by Crippen LogP contribution is 2.23. The fourth-order valence-corrected chi connectivity index (χ4v) is 8.26. The maximum absolute atomic E-state index is 13.0. The number of hydrogen-bond donors (Lipinski definition) is 6. The van der Waals surface area contributed by atoms with Crippen molar-refractivity contribution >= 4 is 11.9 Å². The first-order valence-corrected chi connectivity index (χ1v) is 27.4. The molecule has 0 radical (unpaired) electrons. The van der Waals surface area contributed by atoms with Gasteiger partial charge in [0.1, 0.15) is 24.4 Å². The van der Waals surface area contributed by atoms with Gasteiger partial charge in [-0.15, -0.1) is 0 Å². The fourth-order valence-electron chi connectivity index (χ4n) is 8.26. The van der Waals surface area contributed by atoms with E-state index in [1.54, 1.807) is 6.08 Å². The predicted octanol–water partition coefficient (Wildman–Crippen LogP) is 11.7. The summed E-state index contributed by atoms with van der Waals surface area (Å²) in [6, 6.07) is -0.871. The molecule has 0 spiro atoms. The van der Waals surface area contributed by atoms with Crippen molar-refractivity contribution in [2.45, 2.75) is 275 Å². The molecular weight excluding hydrogens is 847 g/mol. The molecule has 1 saturated heterocycles. The average molecular weight is 948 g/mol. The molecule has 6 N–H and O–H groups in total. The Hall–Kier alpha value is -2.38. The largest absolute Gasteiger partial charge is 0.466 e. The van der Waals surface area contributed by atoms with Crippen molar-refractivity contribution in [1.82, 2.24) is 5.32 Å². The predicted molar refractivity (Wildman–Crippen MR) is 274 cm³/mol. The number of ether oxygens (including phenoxy) is 3. The van der Waals surface area contributed by atoms with E-state index in [0.717, 1.165) is 70.6 Å². The summed E-state index contributed by atoms with van der Waals surface area (Å²) in [5, 5.41) is 54.2. The van der Waals surface area contributed by atoms with Crippen LogP contribution in [-0.2, 0) is 23.8 Å². The summed E-state index contributed by atoms with van der Waals surface area (Å²) < 4.78 is 16.6. The Morgan fingerprint density at radius 2 is 1.03 bits per heavy atom. The molecule has 390 valence electrons. The Bertz CT molecular complexity index is 1250. The second-order valence-electron chi connectivity index (χ2n) is 18.9. The van der Waals surface area contributed by atoms with Crippen LogP contribution in [0.5, 0.6) is 0 Å². The molecule has 7 unspecified atom stereocenters. The second-order valence-corrected chi connectivity index (χ2v) is 18.9. The van der Waals surface area contributed by atoms with Gasteiger partial charge in [0.2, 0.25) is 5.91 Å². The van der Waals surface area contributed by atoms with Crippen LogP contribution in [0, 0.1) is 0 Å². The van der Waals surface area contributed by atoms with Gasteiger partial charge >= 0.3 is 5.97 Å². The smallest absolute Gasteiger partial charge is 0.305 e. The summed E-state index contributed by atoms with van der Waals surface area (Å²) in [6.45, 7) is 4.22. The number of carbonyl (C=O) groups excluding carboxylic acids is 2. The Balaban J connectivity index is 2.25. The molecule has 1 amide bonds. The lowest BCUT2D eigenvalue weighted by Gasteiger charge is -2.40. The van der Waals surface area contributed by atoms with Gasteiger partial charge in [0.25, 0.3) is 0 Å². The lowest BCUT2D eigenvalue weighted by Crippen LogP contribution is -2.60. The third-order valence-electron chi connectivity index (χ3n) is 12.7. The molecule has 0 aromatic rings. The van der Waals surface area contributed by atoms with Crippen LogP contribution < -0.4 is 5.32 Å². The highest BCUT2D eigenvalue weighted by atomic mass is 16.7. The lowest BCUT2D eigenvalue weighted by atomic mass is 9.99. The van der Waals surface area contributed by atoms with Gasteiger partial charge in [-0.2, -0.15) is 0 Å². The molecule has 67 heavy (non-hydrogen) atoms. The van der Waals surface area contributed by atoms with Crippen LogP contribution in [0.3, 0.4) is 0 Å². The van der Waals surface area contributed by atoms with E-state index in [-0.39, 0.29) is 24.9 Å². The zero-order valence-electron chi connectivity index (χ0n) is 42.6. The summed E-state index contributed by atoms with van der Waals surface area (Å²) in [5.74, 6) is -0.313. The van der Waals surface area contributed by atoms with Crippen LogP contribution in [-0.4, -0.2) is 100 Å². The molecule has 0 saturated carbocycles. The fraction of sp³-hybridized carbons (Fsp3) is 0.821. The quantitative estimate of drug-likeness (QED) is 0.0196. The van der Waals surface area contributed by atoms with E-state index in [0.29, 0.717) is 19.4 Å². The molecule has 11 nitrogen and oxygen atoms in total. The van der Waals surface area contributed by atoms with E-state index in [2.05, 4.69) is 43.5 Å². The standard InChI is InChI=1S/C56H101NO10/c1-3-5-7-9-11-13-15-17-19-22-26-30-34-38-42-49(59)48(47-66-56-55(64)54(63)53(62)50(46-58)67-56)57-51(60)43-39-35-31-27-23-20-18-21-25-29-33-37-41-45-65-52(61)44-40-36-32-28-24-16-14-12-10-8-6-4-2/h20,22-23,26,31,35,38,42,48-50,53-56,58-59,62-64H,3-19,21,24-25,27-30,32-34,36-37,39-41,43-47H2,1-2H3,(H,57,60)/b23-20-,26-22+,35-31-,42-38+. The van der Waals surface area contributed by atoms with Crippen molar-refractivity contribution in [1.29, 1.82) is 0 Å². The van der Waals surface area contributed by atoms with Crippen molar-refractivity contribution in [3.8, 4) is 0 Å². The van der Waals surface area contributed by atoms with E-state index in [9.17, 15) is 35.1 Å². The van der Waals surface area contributed by atoms with Crippen molar-refractivity contribution in [3.05, 3.63) is 48.6 Å². The van der Waals surface area contributed by atoms with Crippen molar-refractivity contribution in [2.75, 3.05) is 19.8 Å². The normalized spacial score (nSPS) is 19.9. The van der Waals surface area contributed by atoms with E-state index in [1.165, 1.54) is 128 Å². The Kier molecular flexibility index (Phi) is 43.0. The number of nitrogens with one attached hydrogen (secondary N) is 1. The summed E-state index contributed by atoms with van der Waals surface area (Å²) in [4.78, 5) is 25.0. The SMILES string of the molecule is CCCCCCCCCC/C=C/CC/C=C/C(O)C(COC1OC(CO)C(O)C(O)C1O)NC(=O)CC/C=C\C/C=C\CCCCCCCCOC(=O)CCCCCCCCCCCCCC. The highest BCUT2D eigenvalue weighted by molar-refractivity contribution is 5.76. The molecule has 1 rings (SSSR count). The number of aliphatic hydroxyl groups excluding tert-OH is 5. The maximum atomic E-state index is 13.0. The zero-order chi connectivity index (χ0) is 48.8. The van der Waals surface area contributed by atoms with Gasteiger partial charge < -0.3 is 45.1 Å². The summed E-state index contributed by atoms with van der Waals surface area (Å²) in [7, 11) is 0. The number of allylic oxidation sites excluding steroid dienone is 7. The van der Waals surface area contributed by atoms with E-state index >= 15 is 0 Å². The molecule has 1 aliphatic heterocycles. The lowest BCUT2D eigenvalue weighted by molar-refractivity contribution is -0.302. The first-order valence-electron chi connectivity index (χ1n) is 27.4. The third kappa shape index (κ3) is 36.3. The van der Waals surface area contributed by atoms with Crippen LogP contribution in [0.25, 0.3) is 0 Å². The minimum absolute atomic E-state index is 0.0403. The molecule has 0 aromatic heterocycles. The molecule has 0 aliphatic carbocycles. The van der Waals surface area contributed by atoms with Crippen LogP contribution in [0.4, 0.5) is 0 Å². The number of hydrogen-bond acceptors (Lipinski definition) is 10. The first-order chi connectivity index (χ1) is 32.7. The van der Waals surface area contributed by atoms with Gasteiger partial charge in [-0.1, -0.05) is 204 Å². The van der Waals surface area contributed by atoms with Crippen LogP contribution in [0.15, 0.2) is 48.6 Å². The summed E-state index contributed by atoms with van der Waals surface area (Å²) in [5.41, 5.74) is 0. The van der Waals surface area contributed by atoms with Gasteiger partial charge in [-0.05, 0) is 64.2 Å².